The predicted molar refractivity (Wildman–Crippen MR) is 80.3 cm³/mol. The molecule has 0 saturated heterocycles. The zero-order chi connectivity index (χ0) is 14.8. The van der Waals surface area contributed by atoms with Crippen LogP contribution in [-0.4, -0.2) is 21.4 Å². The minimum absolute atomic E-state index is 0.0109. The van der Waals surface area contributed by atoms with Gasteiger partial charge >= 0.3 is 5.97 Å². The van der Waals surface area contributed by atoms with Gasteiger partial charge in [0.25, 0.3) is 0 Å². The second-order valence-corrected chi connectivity index (χ2v) is 11.8. The quantitative estimate of drug-likeness (QED) is 0.574. The van der Waals surface area contributed by atoms with Crippen LogP contribution in [-0.2, 0) is 14.0 Å². The number of hydrogen-bond acceptors (Lipinski definition) is 3. The highest BCUT2D eigenvalue weighted by Crippen LogP contribution is 2.41. The third-order valence-electron chi connectivity index (χ3n) is 4.47. The fourth-order valence-corrected chi connectivity index (χ4v) is 3.27. The lowest BCUT2D eigenvalue weighted by molar-refractivity contribution is -0.145. The maximum absolute atomic E-state index is 11.6. The second kappa shape index (κ2) is 5.69. The van der Waals surface area contributed by atoms with E-state index in [1.165, 1.54) is 12.7 Å². The SMILES string of the molecule is COC(=O)C1CCC(O[Si](C)(C)C(C)(C)C)=C(C)C1. The lowest BCUT2D eigenvalue weighted by Crippen LogP contribution is -2.41. The van der Waals surface area contributed by atoms with Crippen LogP contribution >= 0.6 is 0 Å². The van der Waals surface area contributed by atoms with Crippen LogP contribution in [0.4, 0.5) is 0 Å². The van der Waals surface area contributed by atoms with Gasteiger partial charge in [0.2, 0.25) is 8.32 Å². The molecule has 0 aliphatic heterocycles. The summed E-state index contributed by atoms with van der Waals surface area (Å²) in [6.45, 7) is 13.3. The van der Waals surface area contributed by atoms with E-state index in [9.17, 15) is 4.79 Å². The van der Waals surface area contributed by atoms with Gasteiger partial charge in [-0.1, -0.05) is 20.8 Å². The molecule has 1 aliphatic rings. The summed E-state index contributed by atoms with van der Waals surface area (Å²) in [5, 5.41) is 0.208. The Labute approximate surface area is 118 Å². The smallest absolute Gasteiger partial charge is 0.308 e. The Morgan fingerprint density at radius 1 is 1.32 bits per heavy atom. The van der Waals surface area contributed by atoms with Gasteiger partial charge in [-0.25, -0.2) is 0 Å². The van der Waals surface area contributed by atoms with Gasteiger partial charge in [-0.05, 0) is 43.5 Å². The maximum Gasteiger partial charge on any atom is 0.308 e. The number of carbonyl (C=O) groups excluding carboxylic acids is 1. The average molecular weight is 284 g/mol. The van der Waals surface area contributed by atoms with Gasteiger partial charge in [0.15, 0.2) is 0 Å². The molecule has 3 nitrogen and oxygen atoms in total. The molecule has 0 amide bonds. The first-order valence-corrected chi connectivity index (χ1v) is 9.95. The van der Waals surface area contributed by atoms with Crippen molar-refractivity contribution in [3.8, 4) is 0 Å². The van der Waals surface area contributed by atoms with Gasteiger partial charge in [-0.2, -0.15) is 0 Å². The molecule has 0 radical (unpaired) electrons. The van der Waals surface area contributed by atoms with Crippen LogP contribution in [0.2, 0.25) is 18.1 Å². The van der Waals surface area contributed by atoms with E-state index in [2.05, 4.69) is 40.8 Å². The van der Waals surface area contributed by atoms with Crippen LogP contribution in [0, 0.1) is 5.92 Å². The molecule has 0 heterocycles. The summed E-state index contributed by atoms with van der Waals surface area (Å²) in [7, 11) is -0.304. The molecule has 0 aromatic rings. The van der Waals surface area contributed by atoms with Crippen molar-refractivity contribution in [3.63, 3.8) is 0 Å². The van der Waals surface area contributed by atoms with Crippen molar-refractivity contribution in [1.82, 2.24) is 0 Å². The number of rotatable bonds is 3. The van der Waals surface area contributed by atoms with Gasteiger partial charge < -0.3 is 9.16 Å². The van der Waals surface area contributed by atoms with Gasteiger partial charge in [-0.15, -0.1) is 0 Å². The fraction of sp³-hybridized carbons (Fsp3) is 0.800. The Morgan fingerprint density at radius 3 is 2.32 bits per heavy atom. The lowest BCUT2D eigenvalue weighted by Gasteiger charge is -2.39. The van der Waals surface area contributed by atoms with E-state index in [0.29, 0.717) is 0 Å². The van der Waals surface area contributed by atoms with Crippen LogP contribution in [0.15, 0.2) is 11.3 Å². The molecule has 0 spiro atoms. The predicted octanol–water partition coefficient (Wildman–Crippen LogP) is 4.26. The first-order valence-electron chi connectivity index (χ1n) is 7.04. The summed E-state index contributed by atoms with van der Waals surface area (Å²) in [5.74, 6) is 1.04. The standard InChI is InChI=1S/C15H28O3Si/c1-11-10-12(14(16)17-5)8-9-13(11)18-19(6,7)15(2,3)4/h12H,8-10H2,1-7H3. The van der Waals surface area contributed by atoms with E-state index < -0.39 is 8.32 Å². The van der Waals surface area contributed by atoms with Gasteiger partial charge in [0.1, 0.15) is 0 Å². The minimum atomic E-state index is -1.77. The van der Waals surface area contributed by atoms with Crippen LogP contribution in [0.25, 0.3) is 0 Å². The fourth-order valence-electron chi connectivity index (χ4n) is 2.07. The monoisotopic (exact) mass is 284 g/mol. The number of hydrogen-bond donors (Lipinski definition) is 0. The largest absolute Gasteiger partial charge is 0.547 e. The first-order chi connectivity index (χ1) is 8.58. The summed E-state index contributed by atoms with van der Waals surface area (Å²) in [5.41, 5.74) is 1.21. The number of allylic oxidation sites excluding steroid dienone is 2. The molecule has 0 aromatic carbocycles. The number of carbonyl (C=O) groups is 1. The van der Waals surface area contributed by atoms with Crippen molar-refractivity contribution in [2.75, 3.05) is 7.11 Å². The van der Waals surface area contributed by atoms with E-state index in [1.807, 2.05) is 0 Å². The molecule has 1 unspecified atom stereocenters. The molecule has 1 rings (SSSR count). The summed E-state index contributed by atoms with van der Waals surface area (Å²) in [4.78, 5) is 11.6. The van der Waals surface area contributed by atoms with E-state index >= 15 is 0 Å². The minimum Gasteiger partial charge on any atom is -0.547 e. The highest BCUT2D eigenvalue weighted by Gasteiger charge is 2.40. The Bertz CT molecular complexity index is 377. The summed E-state index contributed by atoms with van der Waals surface area (Å²) < 4.78 is 11.2. The van der Waals surface area contributed by atoms with Crippen molar-refractivity contribution in [1.29, 1.82) is 0 Å². The molecule has 0 bridgehead atoms. The maximum atomic E-state index is 11.6. The van der Waals surface area contributed by atoms with E-state index in [1.54, 1.807) is 0 Å². The number of esters is 1. The molecular formula is C15H28O3Si. The molecule has 0 saturated carbocycles. The van der Waals surface area contributed by atoms with Crippen molar-refractivity contribution < 1.29 is 14.0 Å². The van der Waals surface area contributed by atoms with Gasteiger partial charge in [-0.3, -0.25) is 4.79 Å². The molecule has 19 heavy (non-hydrogen) atoms. The van der Waals surface area contributed by atoms with Crippen LogP contribution < -0.4 is 0 Å². The zero-order valence-corrected chi connectivity index (χ0v) is 14.4. The molecular weight excluding hydrogens is 256 g/mol. The molecule has 0 fully saturated rings. The van der Waals surface area contributed by atoms with E-state index in [0.717, 1.165) is 25.0 Å². The van der Waals surface area contributed by atoms with Gasteiger partial charge in [0.05, 0.1) is 18.8 Å². The van der Waals surface area contributed by atoms with Crippen LogP contribution in [0.5, 0.6) is 0 Å². The second-order valence-electron chi connectivity index (χ2n) is 7.03. The molecule has 4 heteroatoms. The summed E-state index contributed by atoms with van der Waals surface area (Å²) in [6, 6.07) is 0. The first kappa shape index (κ1) is 16.3. The van der Waals surface area contributed by atoms with Crippen LogP contribution in [0.1, 0.15) is 47.0 Å². The lowest BCUT2D eigenvalue weighted by atomic mass is 9.88. The summed E-state index contributed by atoms with van der Waals surface area (Å²) >= 11 is 0. The molecule has 0 aromatic heterocycles. The van der Waals surface area contributed by atoms with Crippen molar-refractivity contribution >= 4 is 14.3 Å². The Balaban J connectivity index is 2.79. The average Bonchev–Trinajstić information content (AvgIpc) is 2.29. The normalized spacial score (nSPS) is 21.3. The van der Waals surface area contributed by atoms with Crippen molar-refractivity contribution in [2.45, 2.75) is 65.1 Å². The van der Waals surface area contributed by atoms with E-state index in [4.69, 9.17) is 9.16 Å². The van der Waals surface area contributed by atoms with Crippen LogP contribution in [0.3, 0.4) is 0 Å². The topological polar surface area (TPSA) is 35.5 Å². The molecule has 110 valence electrons. The summed E-state index contributed by atoms with van der Waals surface area (Å²) in [6.07, 6.45) is 2.47. The Kier molecular flexibility index (Phi) is 4.88. The molecule has 1 aliphatic carbocycles. The zero-order valence-electron chi connectivity index (χ0n) is 13.4. The van der Waals surface area contributed by atoms with Crippen molar-refractivity contribution in [3.05, 3.63) is 11.3 Å². The molecule has 0 N–H and O–H groups in total. The van der Waals surface area contributed by atoms with Gasteiger partial charge in [0, 0.05) is 6.42 Å². The Morgan fingerprint density at radius 2 is 1.89 bits per heavy atom. The molecule has 1 atom stereocenters. The highest BCUT2D eigenvalue weighted by molar-refractivity contribution is 6.74. The highest BCUT2D eigenvalue weighted by atomic mass is 28.4. The van der Waals surface area contributed by atoms with Crippen molar-refractivity contribution in [2.24, 2.45) is 5.92 Å². The Hall–Kier alpha value is -0.773. The number of ether oxygens (including phenoxy) is 1. The van der Waals surface area contributed by atoms with E-state index in [-0.39, 0.29) is 16.9 Å². The number of methoxy groups -OCH3 is 1. The third kappa shape index (κ3) is 3.85. The third-order valence-corrected chi connectivity index (χ3v) is 8.84.